The number of nitrogens with one attached hydrogen (secondary N) is 1. The van der Waals surface area contributed by atoms with E-state index < -0.39 is 5.91 Å². The molecule has 7 nitrogen and oxygen atoms in total. The lowest BCUT2D eigenvalue weighted by Gasteiger charge is -2.20. The fraction of sp³-hybridized carbons (Fsp3) is 0.381. The number of rotatable bonds is 4. The van der Waals surface area contributed by atoms with Crippen molar-refractivity contribution in [2.45, 2.75) is 39.0 Å². The number of methoxy groups -OCH3 is 1. The summed E-state index contributed by atoms with van der Waals surface area (Å²) in [6, 6.07) is 5.16. The highest BCUT2D eigenvalue weighted by atomic mass is 16.5. The summed E-state index contributed by atoms with van der Waals surface area (Å²) in [4.78, 5) is 38.7. The first-order valence-electron chi connectivity index (χ1n) is 9.45. The topological polar surface area (TPSA) is 88.8 Å². The number of Topliss-reactive ketones (excluding diaryl/α,β-unsaturated/α-hetero) is 1. The molecule has 1 N–H and O–H groups in total. The van der Waals surface area contributed by atoms with E-state index >= 15 is 0 Å². The first-order valence-corrected chi connectivity index (χ1v) is 9.45. The second-order valence-corrected chi connectivity index (χ2v) is 7.12. The average Bonchev–Trinajstić information content (AvgIpc) is 3.25. The number of aryl methyl sites for hydroxylation is 1. The maximum Gasteiger partial charge on any atom is 0.291 e. The van der Waals surface area contributed by atoms with Crippen LogP contribution in [0.15, 0.2) is 22.6 Å². The Morgan fingerprint density at radius 1 is 1.18 bits per heavy atom. The molecule has 7 heteroatoms. The summed E-state index contributed by atoms with van der Waals surface area (Å²) in [7, 11) is 1.55. The van der Waals surface area contributed by atoms with Gasteiger partial charge in [0.25, 0.3) is 5.91 Å². The maximum absolute atomic E-state index is 12.8. The van der Waals surface area contributed by atoms with Gasteiger partial charge < -0.3 is 19.4 Å². The number of anilines is 2. The van der Waals surface area contributed by atoms with Crippen LogP contribution in [0.25, 0.3) is 0 Å². The first kappa shape index (κ1) is 18.3. The van der Waals surface area contributed by atoms with Gasteiger partial charge in [-0.25, -0.2) is 0 Å². The monoisotopic (exact) mass is 382 g/mol. The molecule has 1 aromatic carbocycles. The third kappa shape index (κ3) is 3.06. The summed E-state index contributed by atoms with van der Waals surface area (Å²) in [6.07, 6.45) is 3.19. The van der Waals surface area contributed by atoms with Gasteiger partial charge in [0, 0.05) is 37.1 Å². The summed E-state index contributed by atoms with van der Waals surface area (Å²) in [6.45, 7) is 2.36. The normalized spacial score (nSPS) is 16.3. The van der Waals surface area contributed by atoms with E-state index in [-0.39, 0.29) is 17.5 Å². The molecule has 2 aliphatic rings. The Hall–Kier alpha value is -3.09. The molecule has 0 bridgehead atoms. The van der Waals surface area contributed by atoms with E-state index in [1.165, 1.54) is 0 Å². The van der Waals surface area contributed by atoms with Crippen molar-refractivity contribution in [3.8, 4) is 5.75 Å². The van der Waals surface area contributed by atoms with Crippen LogP contribution in [0, 0.1) is 6.92 Å². The van der Waals surface area contributed by atoms with Crippen LogP contribution in [0.4, 0.5) is 11.4 Å². The molecule has 146 valence electrons. The Labute approximate surface area is 162 Å². The Kier molecular flexibility index (Phi) is 4.66. The number of nitrogens with zero attached hydrogens (tertiary/aromatic N) is 1. The number of carbonyl (C=O) groups excluding carboxylic acids is 3. The van der Waals surface area contributed by atoms with Gasteiger partial charge in [-0.15, -0.1) is 0 Å². The van der Waals surface area contributed by atoms with Gasteiger partial charge in [-0.2, -0.15) is 0 Å². The van der Waals surface area contributed by atoms with Gasteiger partial charge in [0.05, 0.1) is 18.4 Å². The number of furan rings is 1. The van der Waals surface area contributed by atoms with Crippen molar-refractivity contribution in [1.29, 1.82) is 0 Å². The summed E-state index contributed by atoms with van der Waals surface area (Å²) in [5.74, 6) is 0.981. The summed E-state index contributed by atoms with van der Waals surface area (Å²) < 4.78 is 11.1. The van der Waals surface area contributed by atoms with Gasteiger partial charge in [-0.05, 0) is 38.0 Å². The molecule has 0 spiro atoms. The zero-order valence-electron chi connectivity index (χ0n) is 16.0. The first-order chi connectivity index (χ1) is 13.5. The van der Waals surface area contributed by atoms with Crippen molar-refractivity contribution in [1.82, 2.24) is 0 Å². The molecule has 2 heterocycles. The minimum Gasteiger partial charge on any atom is -0.495 e. The van der Waals surface area contributed by atoms with Gasteiger partial charge in [0.15, 0.2) is 11.5 Å². The average molecular weight is 382 g/mol. The van der Waals surface area contributed by atoms with Crippen molar-refractivity contribution in [3.63, 3.8) is 0 Å². The van der Waals surface area contributed by atoms with Crippen molar-refractivity contribution < 1.29 is 23.5 Å². The van der Waals surface area contributed by atoms with Crippen LogP contribution < -0.4 is 15.0 Å². The molecule has 0 radical (unpaired) electrons. The molecule has 2 aromatic rings. The lowest BCUT2D eigenvalue weighted by atomic mass is 9.94. The smallest absolute Gasteiger partial charge is 0.291 e. The summed E-state index contributed by atoms with van der Waals surface area (Å²) in [5.41, 5.74) is 2.30. The highest BCUT2D eigenvalue weighted by molar-refractivity contribution is 6.08. The number of carbonyl (C=O) groups is 3. The fourth-order valence-corrected chi connectivity index (χ4v) is 3.93. The van der Waals surface area contributed by atoms with E-state index in [2.05, 4.69) is 5.32 Å². The molecule has 1 aliphatic heterocycles. The number of hydrogen-bond donors (Lipinski definition) is 1. The van der Waals surface area contributed by atoms with Gasteiger partial charge >= 0.3 is 0 Å². The molecular weight excluding hydrogens is 360 g/mol. The molecule has 0 atom stereocenters. The van der Waals surface area contributed by atoms with Crippen molar-refractivity contribution in [2.75, 3.05) is 23.9 Å². The minimum atomic E-state index is -0.413. The Morgan fingerprint density at radius 2 is 2.00 bits per heavy atom. The van der Waals surface area contributed by atoms with Gasteiger partial charge in [-0.3, -0.25) is 14.4 Å². The second kappa shape index (κ2) is 7.14. The molecule has 1 saturated heterocycles. The SMILES string of the molecule is COc1ccc(NC(=O)c2oc3c(c2C)C(=O)CCC3)cc1N1CCCC1=O. The Morgan fingerprint density at radius 3 is 2.68 bits per heavy atom. The standard InChI is InChI=1S/C21H22N2O5/c1-12-19-15(24)5-3-6-17(19)28-20(12)21(26)22-13-8-9-16(27-2)14(11-13)23-10-4-7-18(23)25/h8-9,11H,3-7,10H2,1-2H3,(H,22,26). The Bertz CT molecular complexity index is 975. The predicted octanol–water partition coefficient (Wildman–Crippen LogP) is 3.49. The van der Waals surface area contributed by atoms with Gasteiger partial charge in [0.2, 0.25) is 5.91 Å². The van der Waals surface area contributed by atoms with Crippen LogP contribution in [0.5, 0.6) is 5.75 Å². The van der Waals surface area contributed by atoms with E-state index in [9.17, 15) is 14.4 Å². The number of amides is 2. The van der Waals surface area contributed by atoms with Crippen LogP contribution >= 0.6 is 0 Å². The number of benzene rings is 1. The van der Waals surface area contributed by atoms with Crippen molar-refractivity contribution >= 4 is 29.0 Å². The number of fused-ring (bicyclic) bond motifs is 1. The number of ether oxygens (including phenoxy) is 1. The summed E-state index contributed by atoms with van der Waals surface area (Å²) in [5, 5.41) is 2.82. The number of hydrogen-bond acceptors (Lipinski definition) is 5. The van der Waals surface area contributed by atoms with Crippen molar-refractivity contribution in [2.24, 2.45) is 0 Å². The lowest BCUT2D eigenvalue weighted by Crippen LogP contribution is -2.24. The van der Waals surface area contributed by atoms with E-state index in [4.69, 9.17) is 9.15 Å². The van der Waals surface area contributed by atoms with Gasteiger partial charge in [0.1, 0.15) is 11.5 Å². The molecule has 4 rings (SSSR count). The molecule has 0 unspecified atom stereocenters. The van der Waals surface area contributed by atoms with Crippen LogP contribution in [-0.2, 0) is 11.2 Å². The van der Waals surface area contributed by atoms with Crippen LogP contribution in [-0.4, -0.2) is 31.3 Å². The Balaban J connectivity index is 1.62. The van der Waals surface area contributed by atoms with Crippen LogP contribution in [0.1, 0.15) is 57.9 Å². The maximum atomic E-state index is 12.8. The molecule has 28 heavy (non-hydrogen) atoms. The zero-order chi connectivity index (χ0) is 19.8. The fourth-order valence-electron chi connectivity index (χ4n) is 3.93. The third-order valence-electron chi connectivity index (χ3n) is 5.31. The van der Waals surface area contributed by atoms with Crippen LogP contribution in [0.3, 0.4) is 0 Å². The second-order valence-electron chi connectivity index (χ2n) is 7.12. The lowest BCUT2D eigenvalue weighted by molar-refractivity contribution is -0.117. The van der Waals surface area contributed by atoms with Gasteiger partial charge in [-0.1, -0.05) is 0 Å². The summed E-state index contributed by atoms with van der Waals surface area (Å²) >= 11 is 0. The molecule has 2 amide bonds. The third-order valence-corrected chi connectivity index (χ3v) is 5.31. The molecule has 1 aliphatic carbocycles. The minimum absolute atomic E-state index is 0.0285. The van der Waals surface area contributed by atoms with Crippen molar-refractivity contribution in [3.05, 3.63) is 40.8 Å². The highest BCUT2D eigenvalue weighted by Crippen LogP contribution is 2.35. The number of ketones is 1. The van der Waals surface area contributed by atoms with E-state index in [0.29, 0.717) is 59.8 Å². The van der Waals surface area contributed by atoms with E-state index in [0.717, 1.165) is 12.8 Å². The molecule has 1 fully saturated rings. The predicted molar refractivity (Wildman–Crippen MR) is 103 cm³/mol. The van der Waals surface area contributed by atoms with Crippen LogP contribution in [0.2, 0.25) is 0 Å². The zero-order valence-corrected chi connectivity index (χ0v) is 16.0. The molecular formula is C21H22N2O5. The van der Waals surface area contributed by atoms with E-state index in [1.54, 1.807) is 37.1 Å². The largest absolute Gasteiger partial charge is 0.495 e. The highest BCUT2D eigenvalue weighted by Gasteiger charge is 2.29. The molecule has 1 aromatic heterocycles. The molecule has 0 saturated carbocycles. The van der Waals surface area contributed by atoms with E-state index in [1.807, 2.05) is 0 Å². The quantitative estimate of drug-likeness (QED) is 0.874.